The van der Waals surface area contributed by atoms with Gasteiger partial charge in [-0.1, -0.05) is 70.7 Å². The molecule has 0 aliphatic heterocycles. The molecule has 2 rings (SSSR count). The van der Waals surface area contributed by atoms with Gasteiger partial charge >= 0.3 is 0 Å². The van der Waals surface area contributed by atoms with Crippen LogP contribution in [0.4, 0.5) is 0 Å². The average molecular weight is 421 g/mol. The molecule has 7 heteroatoms. The molecule has 0 spiro atoms. The van der Waals surface area contributed by atoms with Crippen LogP contribution in [0.25, 0.3) is 0 Å². The van der Waals surface area contributed by atoms with Crippen molar-refractivity contribution in [3.8, 4) is 5.75 Å². The monoisotopic (exact) mass is 419 g/mol. The van der Waals surface area contributed by atoms with Crippen LogP contribution in [0.15, 0.2) is 42.5 Å². The second-order valence-electron chi connectivity index (χ2n) is 5.36. The summed E-state index contributed by atoms with van der Waals surface area (Å²) in [5.41, 5.74) is 1.76. The minimum absolute atomic E-state index is 0.337. The number of carbonyl (C=O) groups excluding carboxylic acids is 1. The van der Waals surface area contributed by atoms with Gasteiger partial charge in [0.1, 0.15) is 5.75 Å². The Morgan fingerprint density at radius 2 is 1.84 bits per heavy atom. The van der Waals surface area contributed by atoms with Crippen LogP contribution in [0.3, 0.4) is 0 Å². The molecule has 2 aromatic rings. The molecule has 0 radical (unpaired) electrons. The van der Waals surface area contributed by atoms with Gasteiger partial charge in [0.15, 0.2) is 4.84 Å². The van der Waals surface area contributed by atoms with E-state index in [1.165, 1.54) is 0 Å². The fourth-order valence-electron chi connectivity index (χ4n) is 2.42. The maximum Gasteiger partial charge on any atom is 0.256 e. The van der Waals surface area contributed by atoms with Gasteiger partial charge in [0.25, 0.3) is 5.91 Å². The maximum absolute atomic E-state index is 12.4. The second kappa shape index (κ2) is 9.54. The van der Waals surface area contributed by atoms with Crippen molar-refractivity contribution >= 4 is 52.3 Å². The van der Waals surface area contributed by atoms with Crippen LogP contribution in [0.2, 0.25) is 10.0 Å². The number of alkyl halides is 2. The molecule has 1 amide bonds. The highest BCUT2D eigenvalue weighted by Crippen LogP contribution is 2.24. The first-order valence-corrected chi connectivity index (χ1v) is 9.18. The summed E-state index contributed by atoms with van der Waals surface area (Å²) in [5.74, 6) is 0.338. The number of amides is 1. The predicted octanol–water partition coefficient (Wildman–Crippen LogP) is 5.38. The lowest BCUT2D eigenvalue weighted by Gasteiger charge is -2.24. The SMILES string of the molecule is COc1ccccc1CN(CCc1ccc(Cl)cc1Cl)C(=O)C(Cl)Cl. The lowest BCUT2D eigenvalue weighted by Crippen LogP contribution is -2.36. The van der Waals surface area contributed by atoms with Crippen LogP contribution < -0.4 is 4.74 Å². The van der Waals surface area contributed by atoms with Crippen LogP contribution in [0.5, 0.6) is 5.75 Å². The molecule has 3 nitrogen and oxygen atoms in total. The fraction of sp³-hybridized carbons (Fsp3) is 0.278. The molecule has 0 saturated carbocycles. The Morgan fingerprint density at radius 1 is 1.12 bits per heavy atom. The van der Waals surface area contributed by atoms with Crippen molar-refractivity contribution in [2.24, 2.45) is 0 Å². The van der Waals surface area contributed by atoms with Crippen molar-refractivity contribution in [3.05, 3.63) is 63.6 Å². The highest BCUT2D eigenvalue weighted by molar-refractivity contribution is 6.53. The standard InChI is InChI=1S/C18H17Cl4NO2/c1-25-16-5-3-2-4-13(16)11-23(18(24)17(21)22)9-8-12-6-7-14(19)10-15(12)20/h2-7,10,17H,8-9,11H2,1H3. The molecule has 0 atom stereocenters. The Bertz CT molecular complexity index is 737. The van der Waals surface area contributed by atoms with Gasteiger partial charge in [-0.25, -0.2) is 0 Å². The van der Waals surface area contributed by atoms with Crippen molar-refractivity contribution in [3.63, 3.8) is 0 Å². The predicted molar refractivity (Wildman–Crippen MR) is 104 cm³/mol. The minimum Gasteiger partial charge on any atom is -0.496 e. The number of benzene rings is 2. The van der Waals surface area contributed by atoms with E-state index in [1.807, 2.05) is 30.3 Å². The summed E-state index contributed by atoms with van der Waals surface area (Å²) < 4.78 is 5.34. The first kappa shape index (κ1) is 20.2. The number of rotatable bonds is 7. The van der Waals surface area contributed by atoms with Crippen LogP contribution in [0.1, 0.15) is 11.1 Å². The zero-order chi connectivity index (χ0) is 18.4. The molecule has 0 aliphatic rings. The molecular formula is C18H17Cl4NO2. The third-order valence-corrected chi connectivity index (χ3v) is 4.68. The Labute approximate surface area is 167 Å². The van der Waals surface area contributed by atoms with Gasteiger partial charge in [0.2, 0.25) is 0 Å². The van der Waals surface area contributed by atoms with Crippen LogP contribution in [0, 0.1) is 0 Å². The van der Waals surface area contributed by atoms with E-state index >= 15 is 0 Å². The molecule has 134 valence electrons. The van der Waals surface area contributed by atoms with Gasteiger partial charge in [-0.05, 0) is 30.2 Å². The topological polar surface area (TPSA) is 29.5 Å². The summed E-state index contributed by atoms with van der Waals surface area (Å²) in [6.07, 6.45) is 0.553. The normalized spacial score (nSPS) is 10.8. The summed E-state index contributed by atoms with van der Waals surface area (Å²) in [7, 11) is 1.59. The summed E-state index contributed by atoms with van der Waals surface area (Å²) in [5, 5.41) is 1.13. The van der Waals surface area contributed by atoms with Gasteiger partial charge in [-0.15, -0.1) is 0 Å². The number of carbonyl (C=O) groups is 1. The number of hydrogen-bond donors (Lipinski definition) is 0. The zero-order valence-electron chi connectivity index (χ0n) is 13.5. The quantitative estimate of drug-likeness (QED) is 0.563. The van der Waals surface area contributed by atoms with Crippen molar-refractivity contribution < 1.29 is 9.53 Å². The highest BCUT2D eigenvalue weighted by atomic mass is 35.5. The summed E-state index contributed by atoms with van der Waals surface area (Å²) in [6, 6.07) is 12.8. The van der Waals surface area contributed by atoms with Gasteiger partial charge in [-0.3, -0.25) is 4.79 Å². The number of nitrogens with zero attached hydrogens (tertiary/aromatic N) is 1. The average Bonchev–Trinajstić information content (AvgIpc) is 2.59. The summed E-state index contributed by atoms with van der Waals surface area (Å²) in [4.78, 5) is 12.8. The molecule has 0 heterocycles. The first-order valence-electron chi connectivity index (χ1n) is 7.55. The second-order valence-corrected chi connectivity index (χ2v) is 7.30. The highest BCUT2D eigenvalue weighted by Gasteiger charge is 2.21. The van der Waals surface area contributed by atoms with Crippen LogP contribution in [-0.2, 0) is 17.8 Å². The van der Waals surface area contributed by atoms with Crippen molar-refractivity contribution in [1.29, 1.82) is 0 Å². The van der Waals surface area contributed by atoms with Gasteiger partial charge in [0, 0.05) is 28.7 Å². The van der Waals surface area contributed by atoms with Crippen LogP contribution in [-0.4, -0.2) is 29.3 Å². The molecule has 0 aliphatic carbocycles. The minimum atomic E-state index is -1.13. The van der Waals surface area contributed by atoms with Crippen molar-refractivity contribution in [2.75, 3.05) is 13.7 Å². The van der Waals surface area contributed by atoms with E-state index in [4.69, 9.17) is 51.1 Å². The Hall–Kier alpha value is -1.13. The molecule has 25 heavy (non-hydrogen) atoms. The molecule has 0 fully saturated rings. The third-order valence-electron chi connectivity index (χ3n) is 3.72. The van der Waals surface area contributed by atoms with Gasteiger partial charge in [0.05, 0.1) is 7.11 Å². The number of hydrogen-bond acceptors (Lipinski definition) is 2. The molecular weight excluding hydrogens is 404 g/mol. The van der Waals surface area contributed by atoms with Gasteiger partial charge < -0.3 is 9.64 Å². The van der Waals surface area contributed by atoms with Gasteiger partial charge in [-0.2, -0.15) is 0 Å². The molecule has 0 saturated heterocycles. The number of para-hydroxylation sites is 1. The number of ether oxygens (including phenoxy) is 1. The Kier molecular flexibility index (Phi) is 7.70. The van der Waals surface area contributed by atoms with E-state index in [2.05, 4.69) is 0 Å². The summed E-state index contributed by atoms with van der Waals surface area (Å²) >= 11 is 23.7. The summed E-state index contributed by atoms with van der Waals surface area (Å²) in [6.45, 7) is 0.748. The van der Waals surface area contributed by atoms with Crippen LogP contribution >= 0.6 is 46.4 Å². The van der Waals surface area contributed by atoms with E-state index in [9.17, 15) is 4.79 Å². The van der Waals surface area contributed by atoms with E-state index in [0.29, 0.717) is 35.3 Å². The molecule has 2 aromatic carbocycles. The molecule has 0 bridgehead atoms. The van der Waals surface area contributed by atoms with E-state index < -0.39 is 4.84 Å². The largest absolute Gasteiger partial charge is 0.496 e. The number of halogens is 4. The lowest BCUT2D eigenvalue weighted by atomic mass is 10.1. The fourth-order valence-corrected chi connectivity index (χ4v) is 3.20. The van der Waals surface area contributed by atoms with Crippen molar-refractivity contribution in [2.45, 2.75) is 17.8 Å². The van der Waals surface area contributed by atoms with Crippen molar-refractivity contribution in [1.82, 2.24) is 4.90 Å². The number of methoxy groups -OCH3 is 1. The smallest absolute Gasteiger partial charge is 0.256 e. The molecule has 0 N–H and O–H groups in total. The Balaban J connectivity index is 2.17. The zero-order valence-corrected chi connectivity index (χ0v) is 16.5. The van der Waals surface area contributed by atoms with E-state index in [0.717, 1.165) is 11.1 Å². The first-order chi connectivity index (χ1) is 11.9. The Morgan fingerprint density at radius 3 is 2.48 bits per heavy atom. The lowest BCUT2D eigenvalue weighted by molar-refractivity contribution is -0.129. The van der Waals surface area contributed by atoms with E-state index in [1.54, 1.807) is 24.1 Å². The maximum atomic E-state index is 12.4. The third kappa shape index (κ3) is 5.68. The van der Waals surface area contributed by atoms with E-state index in [-0.39, 0.29) is 5.91 Å². The molecule has 0 aromatic heterocycles. The molecule has 0 unspecified atom stereocenters.